The second kappa shape index (κ2) is 4.44. The summed E-state index contributed by atoms with van der Waals surface area (Å²) in [5.41, 5.74) is -0.0805. The Labute approximate surface area is 91.8 Å². The van der Waals surface area contributed by atoms with Crippen molar-refractivity contribution in [2.45, 2.75) is 19.4 Å². The number of Topliss-reactive ketones (excluding diaryl/α,β-unsaturated/α-hetero) is 1. The van der Waals surface area contributed by atoms with Gasteiger partial charge in [0.1, 0.15) is 5.78 Å². The summed E-state index contributed by atoms with van der Waals surface area (Å²) in [4.78, 5) is 23.6. The Kier molecular flexibility index (Phi) is 3.00. The molecule has 16 heavy (non-hydrogen) atoms. The molecule has 86 valence electrons. The third-order valence-electron chi connectivity index (χ3n) is 2.57. The molecule has 0 spiro atoms. The summed E-state index contributed by atoms with van der Waals surface area (Å²) < 4.78 is 4.90. The van der Waals surface area contributed by atoms with Gasteiger partial charge in [-0.1, -0.05) is 5.16 Å². The van der Waals surface area contributed by atoms with E-state index in [4.69, 9.17) is 9.63 Å². The van der Waals surface area contributed by atoms with Gasteiger partial charge in [-0.15, -0.1) is 0 Å². The minimum Gasteiger partial charge on any atom is -0.476 e. The molecule has 2 rings (SSSR count). The number of carbonyl (C=O) groups is 2. The van der Waals surface area contributed by atoms with Crippen LogP contribution in [0.1, 0.15) is 29.1 Å². The smallest absolute Gasteiger partial charge is 0.358 e. The molecule has 2 heterocycles. The van der Waals surface area contributed by atoms with Gasteiger partial charge >= 0.3 is 5.97 Å². The lowest BCUT2D eigenvalue weighted by Gasteiger charge is -2.24. The number of ketones is 1. The maximum absolute atomic E-state index is 11.0. The van der Waals surface area contributed by atoms with Crippen LogP contribution in [0.2, 0.25) is 0 Å². The number of aromatic nitrogens is 1. The highest BCUT2D eigenvalue weighted by Gasteiger charge is 2.18. The van der Waals surface area contributed by atoms with Gasteiger partial charge in [0, 0.05) is 32.0 Å². The van der Waals surface area contributed by atoms with Gasteiger partial charge in [0.2, 0.25) is 0 Å². The monoisotopic (exact) mass is 224 g/mol. The molecule has 1 saturated heterocycles. The third-order valence-corrected chi connectivity index (χ3v) is 2.57. The molecular weight excluding hydrogens is 212 g/mol. The van der Waals surface area contributed by atoms with Gasteiger partial charge in [0.25, 0.3) is 0 Å². The highest BCUT2D eigenvalue weighted by molar-refractivity contribution is 5.85. The summed E-state index contributed by atoms with van der Waals surface area (Å²) in [5.74, 6) is -0.296. The van der Waals surface area contributed by atoms with E-state index in [-0.39, 0.29) is 11.5 Å². The van der Waals surface area contributed by atoms with Gasteiger partial charge in [0.15, 0.2) is 11.5 Å². The Hall–Kier alpha value is -1.69. The molecule has 0 atom stereocenters. The molecule has 0 bridgehead atoms. The second-order valence-electron chi connectivity index (χ2n) is 3.80. The van der Waals surface area contributed by atoms with E-state index in [1.54, 1.807) is 0 Å². The average molecular weight is 224 g/mol. The van der Waals surface area contributed by atoms with E-state index in [1.165, 1.54) is 6.07 Å². The largest absolute Gasteiger partial charge is 0.476 e. The molecule has 0 aromatic carbocycles. The van der Waals surface area contributed by atoms with Crippen molar-refractivity contribution >= 4 is 11.8 Å². The fourth-order valence-electron chi connectivity index (χ4n) is 1.67. The number of piperidine rings is 1. The van der Waals surface area contributed by atoms with Crippen molar-refractivity contribution in [3.05, 3.63) is 17.5 Å². The molecule has 1 fully saturated rings. The van der Waals surface area contributed by atoms with E-state index < -0.39 is 5.97 Å². The zero-order valence-electron chi connectivity index (χ0n) is 8.68. The van der Waals surface area contributed by atoms with E-state index >= 15 is 0 Å². The highest BCUT2D eigenvalue weighted by atomic mass is 16.5. The topological polar surface area (TPSA) is 83.6 Å². The number of nitrogens with zero attached hydrogens (tertiary/aromatic N) is 2. The Bertz CT molecular complexity index is 403. The summed E-state index contributed by atoms with van der Waals surface area (Å²) >= 11 is 0. The number of carboxylic acid groups (broad SMARTS) is 1. The van der Waals surface area contributed by atoms with Crippen LogP contribution in [0.4, 0.5) is 0 Å². The highest BCUT2D eigenvalue weighted by Crippen LogP contribution is 2.12. The van der Waals surface area contributed by atoms with E-state index in [0.29, 0.717) is 38.2 Å². The van der Waals surface area contributed by atoms with Crippen molar-refractivity contribution < 1.29 is 19.2 Å². The van der Waals surface area contributed by atoms with Crippen LogP contribution in [-0.4, -0.2) is 40.0 Å². The molecule has 0 amide bonds. The van der Waals surface area contributed by atoms with Crippen LogP contribution in [0.25, 0.3) is 0 Å². The number of hydrogen-bond donors (Lipinski definition) is 1. The molecule has 0 aliphatic carbocycles. The van der Waals surface area contributed by atoms with Gasteiger partial charge in [-0.2, -0.15) is 0 Å². The lowest BCUT2D eigenvalue weighted by Crippen LogP contribution is -2.33. The lowest BCUT2D eigenvalue weighted by atomic mass is 10.1. The summed E-state index contributed by atoms with van der Waals surface area (Å²) in [6, 6.07) is 1.42. The summed E-state index contributed by atoms with van der Waals surface area (Å²) in [6.45, 7) is 1.90. The standard InChI is InChI=1S/C10H12N2O4/c13-7-1-3-12(4-2-7)6-8-5-9(10(14)15)11-16-8/h5H,1-4,6H2,(H,14,15). The number of carbonyl (C=O) groups excluding carboxylic acids is 1. The van der Waals surface area contributed by atoms with Crippen LogP contribution in [0, 0.1) is 0 Å². The molecule has 6 nitrogen and oxygen atoms in total. The molecular formula is C10H12N2O4. The van der Waals surface area contributed by atoms with Crippen LogP contribution in [0.15, 0.2) is 10.6 Å². The van der Waals surface area contributed by atoms with Gasteiger partial charge in [0.05, 0.1) is 6.54 Å². The molecule has 1 aromatic heterocycles. The fourth-order valence-corrected chi connectivity index (χ4v) is 1.67. The Morgan fingerprint density at radius 1 is 1.50 bits per heavy atom. The SMILES string of the molecule is O=C1CCN(Cc2cc(C(=O)O)no2)CC1. The molecule has 0 unspecified atom stereocenters. The summed E-state index contributed by atoms with van der Waals surface area (Å²) in [5, 5.41) is 12.1. The van der Waals surface area contributed by atoms with Gasteiger partial charge in [-0.25, -0.2) is 4.79 Å². The molecule has 6 heteroatoms. The van der Waals surface area contributed by atoms with Crippen molar-refractivity contribution in [3.63, 3.8) is 0 Å². The Balaban J connectivity index is 1.93. The van der Waals surface area contributed by atoms with Gasteiger partial charge in [-0.05, 0) is 0 Å². The van der Waals surface area contributed by atoms with Crippen molar-refractivity contribution in [1.82, 2.24) is 10.1 Å². The van der Waals surface area contributed by atoms with Crippen molar-refractivity contribution in [2.24, 2.45) is 0 Å². The minimum absolute atomic E-state index is 0.0805. The third kappa shape index (κ3) is 2.46. The van der Waals surface area contributed by atoms with Crippen LogP contribution < -0.4 is 0 Å². The molecule has 1 aliphatic rings. The number of rotatable bonds is 3. The zero-order valence-corrected chi connectivity index (χ0v) is 8.68. The fraction of sp³-hybridized carbons (Fsp3) is 0.500. The van der Waals surface area contributed by atoms with Crippen molar-refractivity contribution in [1.29, 1.82) is 0 Å². The first-order chi connectivity index (χ1) is 7.65. The lowest BCUT2D eigenvalue weighted by molar-refractivity contribution is -0.121. The predicted molar refractivity (Wildman–Crippen MR) is 53.0 cm³/mol. The summed E-state index contributed by atoms with van der Waals surface area (Å²) in [6.07, 6.45) is 1.11. The van der Waals surface area contributed by atoms with E-state index in [9.17, 15) is 9.59 Å². The molecule has 1 aliphatic heterocycles. The quantitative estimate of drug-likeness (QED) is 0.806. The normalized spacial score (nSPS) is 17.6. The number of aromatic carboxylic acids is 1. The van der Waals surface area contributed by atoms with Crippen LogP contribution in [0.5, 0.6) is 0 Å². The van der Waals surface area contributed by atoms with E-state index in [1.807, 2.05) is 4.90 Å². The molecule has 1 N–H and O–H groups in total. The van der Waals surface area contributed by atoms with E-state index in [0.717, 1.165) is 0 Å². The first kappa shape index (κ1) is 10.8. The first-order valence-electron chi connectivity index (χ1n) is 5.08. The maximum Gasteiger partial charge on any atom is 0.358 e. The van der Waals surface area contributed by atoms with Gasteiger partial charge < -0.3 is 9.63 Å². The first-order valence-corrected chi connectivity index (χ1v) is 5.08. The summed E-state index contributed by atoms with van der Waals surface area (Å²) in [7, 11) is 0. The molecule has 0 saturated carbocycles. The Morgan fingerprint density at radius 3 is 2.75 bits per heavy atom. The van der Waals surface area contributed by atoms with Crippen LogP contribution >= 0.6 is 0 Å². The molecule has 0 radical (unpaired) electrons. The maximum atomic E-state index is 11.0. The van der Waals surface area contributed by atoms with E-state index in [2.05, 4.69) is 5.16 Å². The van der Waals surface area contributed by atoms with Gasteiger partial charge in [-0.3, -0.25) is 9.69 Å². The minimum atomic E-state index is -1.09. The van der Waals surface area contributed by atoms with Crippen LogP contribution in [-0.2, 0) is 11.3 Å². The zero-order chi connectivity index (χ0) is 11.5. The van der Waals surface area contributed by atoms with Crippen molar-refractivity contribution in [2.75, 3.05) is 13.1 Å². The van der Waals surface area contributed by atoms with Crippen LogP contribution in [0.3, 0.4) is 0 Å². The van der Waals surface area contributed by atoms with Crippen molar-refractivity contribution in [3.8, 4) is 0 Å². The number of likely N-dealkylation sites (tertiary alicyclic amines) is 1. The molecule has 1 aromatic rings. The number of carboxylic acids is 1. The Morgan fingerprint density at radius 2 is 2.19 bits per heavy atom. The average Bonchev–Trinajstić information content (AvgIpc) is 2.70. The second-order valence-corrected chi connectivity index (χ2v) is 3.80. The predicted octanol–water partition coefficient (Wildman–Crippen LogP) is 0.538. The number of hydrogen-bond acceptors (Lipinski definition) is 5.